The van der Waals surface area contributed by atoms with Crippen LogP contribution < -0.4 is 0 Å². The standard InChI is InChI=1S/C7H12O5S/c1-4-7(8)12-6(2)5-11-13(3,9)10/h4,6H,1,5H2,2-3H3. The Balaban J connectivity index is 3.82. The number of esters is 1. The smallest absolute Gasteiger partial charge is 0.330 e. The van der Waals surface area contributed by atoms with E-state index in [4.69, 9.17) is 0 Å². The molecule has 1 unspecified atom stereocenters. The molecule has 0 heterocycles. The van der Waals surface area contributed by atoms with E-state index in [-0.39, 0.29) is 6.61 Å². The van der Waals surface area contributed by atoms with E-state index in [1.165, 1.54) is 6.92 Å². The molecule has 0 aromatic carbocycles. The van der Waals surface area contributed by atoms with Crippen LogP contribution in [-0.4, -0.2) is 33.4 Å². The van der Waals surface area contributed by atoms with Crippen molar-refractivity contribution in [2.75, 3.05) is 12.9 Å². The van der Waals surface area contributed by atoms with Gasteiger partial charge in [0, 0.05) is 6.08 Å². The molecule has 0 rings (SSSR count). The number of rotatable bonds is 5. The summed E-state index contributed by atoms with van der Waals surface area (Å²) in [5, 5.41) is 0. The van der Waals surface area contributed by atoms with Crippen molar-refractivity contribution in [2.24, 2.45) is 0 Å². The fraction of sp³-hybridized carbons (Fsp3) is 0.571. The van der Waals surface area contributed by atoms with E-state index in [9.17, 15) is 13.2 Å². The van der Waals surface area contributed by atoms with Crippen LogP contribution >= 0.6 is 0 Å². The van der Waals surface area contributed by atoms with Crippen molar-refractivity contribution in [1.29, 1.82) is 0 Å². The van der Waals surface area contributed by atoms with Crippen LogP contribution in [-0.2, 0) is 23.8 Å². The molecule has 0 aliphatic heterocycles. The molecular formula is C7H12O5S. The Morgan fingerprint density at radius 1 is 1.62 bits per heavy atom. The number of hydrogen-bond acceptors (Lipinski definition) is 5. The van der Waals surface area contributed by atoms with Gasteiger partial charge in [0.05, 0.1) is 6.26 Å². The van der Waals surface area contributed by atoms with Gasteiger partial charge in [0.2, 0.25) is 0 Å². The van der Waals surface area contributed by atoms with Crippen LogP contribution in [0.15, 0.2) is 12.7 Å². The molecule has 1 atom stereocenters. The van der Waals surface area contributed by atoms with Crippen molar-refractivity contribution in [1.82, 2.24) is 0 Å². The molecule has 0 aliphatic rings. The van der Waals surface area contributed by atoms with Gasteiger partial charge >= 0.3 is 5.97 Å². The second-order valence-electron chi connectivity index (χ2n) is 2.44. The average Bonchev–Trinajstić information content (AvgIpc) is 1.99. The van der Waals surface area contributed by atoms with E-state index in [1.807, 2.05) is 0 Å². The zero-order chi connectivity index (χ0) is 10.5. The number of ether oxygens (including phenoxy) is 1. The monoisotopic (exact) mass is 208 g/mol. The summed E-state index contributed by atoms with van der Waals surface area (Å²) in [5.41, 5.74) is 0. The van der Waals surface area contributed by atoms with Crippen molar-refractivity contribution < 1.29 is 22.1 Å². The lowest BCUT2D eigenvalue weighted by molar-refractivity contribution is -0.143. The van der Waals surface area contributed by atoms with Gasteiger partial charge in [-0.2, -0.15) is 8.42 Å². The van der Waals surface area contributed by atoms with Crippen molar-refractivity contribution in [2.45, 2.75) is 13.0 Å². The Hall–Kier alpha value is -0.880. The molecule has 0 amide bonds. The van der Waals surface area contributed by atoms with Gasteiger partial charge in [0.1, 0.15) is 12.7 Å². The first-order valence-electron chi connectivity index (χ1n) is 3.52. The molecule has 0 aromatic heterocycles. The topological polar surface area (TPSA) is 69.7 Å². The van der Waals surface area contributed by atoms with Gasteiger partial charge in [-0.1, -0.05) is 6.58 Å². The number of hydrogen-bond donors (Lipinski definition) is 0. The molecule has 13 heavy (non-hydrogen) atoms. The van der Waals surface area contributed by atoms with Crippen molar-refractivity contribution in [3.05, 3.63) is 12.7 Å². The summed E-state index contributed by atoms with van der Waals surface area (Å²) < 4.78 is 30.1. The summed E-state index contributed by atoms with van der Waals surface area (Å²) in [7, 11) is -3.48. The Morgan fingerprint density at radius 2 is 2.15 bits per heavy atom. The minimum atomic E-state index is -3.48. The minimum absolute atomic E-state index is 0.182. The maximum Gasteiger partial charge on any atom is 0.330 e. The zero-order valence-electron chi connectivity index (χ0n) is 7.52. The second kappa shape index (κ2) is 4.98. The van der Waals surface area contributed by atoms with E-state index in [2.05, 4.69) is 15.5 Å². The maximum absolute atomic E-state index is 10.6. The van der Waals surface area contributed by atoms with E-state index in [0.29, 0.717) is 0 Å². The van der Waals surface area contributed by atoms with E-state index >= 15 is 0 Å². The molecule has 0 aromatic rings. The molecule has 0 N–H and O–H groups in total. The summed E-state index contributed by atoms with van der Waals surface area (Å²) in [6, 6.07) is 0. The first-order valence-corrected chi connectivity index (χ1v) is 5.34. The molecule has 0 fully saturated rings. The summed E-state index contributed by atoms with van der Waals surface area (Å²) in [6.45, 7) is 4.53. The molecule has 6 heteroatoms. The molecule has 0 aliphatic carbocycles. The Labute approximate surface area is 77.5 Å². The molecule has 0 spiro atoms. The van der Waals surface area contributed by atoms with Crippen molar-refractivity contribution in [3.63, 3.8) is 0 Å². The van der Waals surface area contributed by atoms with Crippen LogP contribution in [0.2, 0.25) is 0 Å². The molecule has 76 valence electrons. The summed E-state index contributed by atoms with van der Waals surface area (Å²) in [5.74, 6) is -0.607. The third kappa shape index (κ3) is 7.48. The highest BCUT2D eigenvalue weighted by atomic mass is 32.2. The van der Waals surface area contributed by atoms with Gasteiger partial charge in [0.15, 0.2) is 0 Å². The van der Waals surface area contributed by atoms with E-state index in [1.54, 1.807) is 0 Å². The maximum atomic E-state index is 10.6. The van der Waals surface area contributed by atoms with Crippen molar-refractivity contribution in [3.8, 4) is 0 Å². The Kier molecular flexibility index (Phi) is 4.64. The van der Waals surface area contributed by atoms with Gasteiger partial charge in [-0.15, -0.1) is 0 Å². The SMILES string of the molecule is C=CC(=O)OC(C)COS(C)(=O)=O. The molecule has 0 radical (unpaired) electrons. The fourth-order valence-electron chi connectivity index (χ4n) is 0.500. The van der Waals surface area contributed by atoms with Crippen LogP contribution in [0.5, 0.6) is 0 Å². The largest absolute Gasteiger partial charge is 0.457 e. The van der Waals surface area contributed by atoms with Gasteiger partial charge in [-0.3, -0.25) is 4.18 Å². The predicted molar refractivity (Wildman–Crippen MR) is 46.5 cm³/mol. The highest BCUT2D eigenvalue weighted by molar-refractivity contribution is 7.85. The predicted octanol–water partition coefficient (Wildman–Crippen LogP) is 0.0803. The van der Waals surface area contributed by atoms with Crippen LogP contribution in [0.3, 0.4) is 0 Å². The van der Waals surface area contributed by atoms with Crippen LogP contribution in [0.25, 0.3) is 0 Å². The lowest BCUT2D eigenvalue weighted by Crippen LogP contribution is -2.21. The lowest BCUT2D eigenvalue weighted by Gasteiger charge is -2.10. The molecular weight excluding hydrogens is 196 g/mol. The molecule has 0 saturated heterocycles. The van der Waals surface area contributed by atoms with E-state index in [0.717, 1.165) is 12.3 Å². The van der Waals surface area contributed by atoms with E-state index < -0.39 is 22.2 Å². The summed E-state index contributed by atoms with van der Waals surface area (Å²) in [4.78, 5) is 10.6. The third-order valence-electron chi connectivity index (χ3n) is 1.00. The minimum Gasteiger partial charge on any atom is -0.457 e. The first kappa shape index (κ1) is 12.1. The highest BCUT2D eigenvalue weighted by Crippen LogP contribution is 1.96. The Morgan fingerprint density at radius 3 is 2.54 bits per heavy atom. The first-order chi connectivity index (χ1) is 5.85. The lowest BCUT2D eigenvalue weighted by atomic mass is 10.4. The van der Waals surface area contributed by atoms with Gasteiger partial charge in [0.25, 0.3) is 10.1 Å². The third-order valence-corrected chi connectivity index (χ3v) is 1.57. The van der Waals surface area contributed by atoms with Crippen LogP contribution in [0.1, 0.15) is 6.92 Å². The zero-order valence-corrected chi connectivity index (χ0v) is 8.33. The van der Waals surface area contributed by atoms with Crippen LogP contribution in [0.4, 0.5) is 0 Å². The van der Waals surface area contributed by atoms with Crippen molar-refractivity contribution >= 4 is 16.1 Å². The second-order valence-corrected chi connectivity index (χ2v) is 4.08. The molecule has 5 nitrogen and oxygen atoms in total. The van der Waals surface area contributed by atoms with Gasteiger partial charge < -0.3 is 4.74 Å². The Bertz CT molecular complexity index is 279. The average molecular weight is 208 g/mol. The van der Waals surface area contributed by atoms with Crippen LogP contribution in [0, 0.1) is 0 Å². The summed E-state index contributed by atoms with van der Waals surface area (Å²) >= 11 is 0. The summed E-state index contributed by atoms with van der Waals surface area (Å²) in [6.07, 6.45) is 1.31. The number of carbonyl (C=O) groups is 1. The van der Waals surface area contributed by atoms with Gasteiger partial charge in [-0.25, -0.2) is 4.79 Å². The van der Waals surface area contributed by atoms with Gasteiger partial charge in [-0.05, 0) is 6.92 Å². The molecule has 0 saturated carbocycles. The normalized spacial score (nSPS) is 13.4. The highest BCUT2D eigenvalue weighted by Gasteiger charge is 2.10. The quantitative estimate of drug-likeness (QED) is 0.363. The fourth-order valence-corrected chi connectivity index (χ4v) is 0.939. The molecule has 0 bridgehead atoms. The number of carbonyl (C=O) groups excluding carboxylic acids is 1.